The molecule has 94 valence electrons. The summed E-state index contributed by atoms with van der Waals surface area (Å²) in [4.78, 5) is 12.1. The fraction of sp³-hybridized carbons (Fsp3) is 0.615. The van der Waals surface area contributed by atoms with Crippen molar-refractivity contribution in [1.82, 2.24) is 15.2 Å². The van der Waals surface area contributed by atoms with Crippen molar-refractivity contribution in [2.24, 2.45) is 12.5 Å². The number of hydrogen-bond acceptors (Lipinski definition) is 2. The fourth-order valence-corrected chi connectivity index (χ4v) is 2.24. The zero-order chi connectivity index (χ0) is 12.5. The van der Waals surface area contributed by atoms with E-state index < -0.39 is 0 Å². The molecular formula is C13H21N3O. The SMILES string of the molecule is Cc1ccc(CNC(=O)C2(C)CCNC2)n1C. The molecule has 0 radical (unpaired) electrons. The summed E-state index contributed by atoms with van der Waals surface area (Å²) in [6, 6.07) is 4.13. The molecule has 1 aromatic heterocycles. The molecule has 1 unspecified atom stereocenters. The monoisotopic (exact) mass is 235 g/mol. The summed E-state index contributed by atoms with van der Waals surface area (Å²) in [5.74, 6) is 0.154. The Morgan fingerprint density at radius 3 is 2.88 bits per heavy atom. The Labute approximate surface area is 102 Å². The van der Waals surface area contributed by atoms with E-state index in [1.165, 1.54) is 5.69 Å². The Morgan fingerprint density at radius 2 is 2.35 bits per heavy atom. The first-order valence-electron chi connectivity index (χ1n) is 6.13. The molecule has 1 aromatic rings. The molecule has 0 aliphatic carbocycles. The van der Waals surface area contributed by atoms with Crippen LogP contribution in [-0.2, 0) is 18.4 Å². The van der Waals surface area contributed by atoms with Gasteiger partial charge in [-0.1, -0.05) is 0 Å². The Morgan fingerprint density at radius 1 is 1.59 bits per heavy atom. The molecular weight excluding hydrogens is 214 g/mol. The van der Waals surface area contributed by atoms with Gasteiger partial charge < -0.3 is 15.2 Å². The quantitative estimate of drug-likeness (QED) is 0.819. The molecule has 4 nitrogen and oxygen atoms in total. The van der Waals surface area contributed by atoms with Crippen LogP contribution in [0.25, 0.3) is 0 Å². The van der Waals surface area contributed by atoms with E-state index in [0.717, 1.165) is 25.2 Å². The fourth-order valence-electron chi connectivity index (χ4n) is 2.24. The molecule has 0 spiro atoms. The molecule has 17 heavy (non-hydrogen) atoms. The second-order valence-electron chi connectivity index (χ2n) is 5.20. The summed E-state index contributed by atoms with van der Waals surface area (Å²) in [5, 5.41) is 6.28. The number of carbonyl (C=O) groups is 1. The highest BCUT2D eigenvalue weighted by molar-refractivity contribution is 5.82. The van der Waals surface area contributed by atoms with Crippen LogP contribution in [0, 0.1) is 12.3 Å². The van der Waals surface area contributed by atoms with Gasteiger partial charge in [-0.3, -0.25) is 4.79 Å². The highest BCUT2D eigenvalue weighted by atomic mass is 16.2. The molecule has 2 heterocycles. The minimum atomic E-state index is -0.236. The minimum Gasteiger partial charge on any atom is -0.350 e. The second kappa shape index (κ2) is 4.53. The van der Waals surface area contributed by atoms with Crippen molar-refractivity contribution in [3.63, 3.8) is 0 Å². The average molecular weight is 235 g/mol. The van der Waals surface area contributed by atoms with Crippen molar-refractivity contribution in [1.29, 1.82) is 0 Å². The van der Waals surface area contributed by atoms with Crippen molar-refractivity contribution < 1.29 is 4.79 Å². The standard InChI is InChI=1S/C13H21N3O/c1-10-4-5-11(16(10)3)8-15-12(17)13(2)6-7-14-9-13/h4-5,14H,6-9H2,1-3H3,(H,15,17). The lowest BCUT2D eigenvalue weighted by atomic mass is 9.89. The highest BCUT2D eigenvalue weighted by Gasteiger charge is 2.35. The molecule has 1 aliphatic heterocycles. The van der Waals surface area contributed by atoms with Crippen LogP contribution in [0.4, 0.5) is 0 Å². The van der Waals surface area contributed by atoms with Gasteiger partial charge in [0.1, 0.15) is 0 Å². The third-order valence-corrected chi connectivity index (χ3v) is 3.82. The molecule has 0 bridgehead atoms. The van der Waals surface area contributed by atoms with E-state index in [2.05, 4.69) is 34.3 Å². The number of nitrogens with zero attached hydrogens (tertiary/aromatic N) is 1. The van der Waals surface area contributed by atoms with Gasteiger partial charge in [-0.2, -0.15) is 0 Å². The van der Waals surface area contributed by atoms with Gasteiger partial charge in [0.2, 0.25) is 5.91 Å². The number of nitrogens with one attached hydrogen (secondary N) is 2. The number of amides is 1. The summed E-state index contributed by atoms with van der Waals surface area (Å²) in [5.41, 5.74) is 2.12. The molecule has 1 aliphatic rings. The van der Waals surface area contributed by atoms with Crippen molar-refractivity contribution >= 4 is 5.91 Å². The summed E-state index contributed by atoms with van der Waals surface area (Å²) in [6.07, 6.45) is 0.922. The van der Waals surface area contributed by atoms with Gasteiger partial charge in [-0.15, -0.1) is 0 Å². The lowest BCUT2D eigenvalue weighted by Gasteiger charge is -2.21. The second-order valence-corrected chi connectivity index (χ2v) is 5.20. The maximum atomic E-state index is 12.1. The van der Waals surface area contributed by atoms with Crippen molar-refractivity contribution in [2.75, 3.05) is 13.1 Å². The van der Waals surface area contributed by atoms with Gasteiger partial charge in [0.15, 0.2) is 0 Å². The van der Waals surface area contributed by atoms with Crippen LogP contribution in [0.1, 0.15) is 24.7 Å². The summed E-state index contributed by atoms with van der Waals surface area (Å²) in [6.45, 7) is 6.42. The third-order valence-electron chi connectivity index (χ3n) is 3.82. The molecule has 4 heteroatoms. The molecule has 0 saturated carbocycles. The number of aryl methyl sites for hydroxylation is 1. The highest BCUT2D eigenvalue weighted by Crippen LogP contribution is 2.24. The summed E-state index contributed by atoms with van der Waals surface area (Å²) < 4.78 is 2.11. The number of carbonyl (C=O) groups excluding carboxylic acids is 1. The van der Waals surface area contributed by atoms with E-state index in [0.29, 0.717) is 6.54 Å². The number of rotatable bonds is 3. The average Bonchev–Trinajstić information content (AvgIpc) is 2.87. The van der Waals surface area contributed by atoms with E-state index in [1.54, 1.807) is 0 Å². The summed E-state index contributed by atoms with van der Waals surface area (Å²) >= 11 is 0. The van der Waals surface area contributed by atoms with E-state index in [-0.39, 0.29) is 11.3 Å². The maximum Gasteiger partial charge on any atom is 0.227 e. The van der Waals surface area contributed by atoms with Gasteiger partial charge >= 0.3 is 0 Å². The minimum absolute atomic E-state index is 0.154. The normalized spacial score (nSPS) is 23.9. The van der Waals surface area contributed by atoms with Crippen LogP contribution in [0.2, 0.25) is 0 Å². The van der Waals surface area contributed by atoms with Crippen LogP contribution >= 0.6 is 0 Å². The molecule has 1 amide bonds. The zero-order valence-corrected chi connectivity index (χ0v) is 10.8. The first-order valence-corrected chi connectivity index (χ1v) is 6.13. The zero-order valence-electron chi connectivity index (χ0n) is 10.8. The van der Waals surface area contributed by atoms with Crippen LogP contribution in [0.5, 0.6) is 0 Å². The van der Waals surface area contributed by atoms with Crippen LogP contribution in [0.15, 0.2) is 12.1 Å². The van der Waals surface area contributed by atoms with Gasteiger partial charge in [-0.05, 0) is 38.9 Å². The molecule has 2 N–H and O–H groups in total. The Kier molecular flexibility index (Phi) is 3.24. The molecule has 1 atom stereocenters. The maximum absolute atomic E-state index is 12.1. The molecule has 2 rings (SSSR count). The van der Waals surface area contributed by atoms with E-state index in [1.807, 2.05) is 14.0 Å². The van der Waals surface area contributed by atoms with Crippen LogP contribution < -0.4 is 10.6 Å². The van der Waals surface area contributed by atoms with Crippen molar-refractivity contribution in [2.45, 2.75) is 26.8 Å². The van der Waals surface area contributed by atoms with E-state index >= 15 is 0 Å². The molecule has 0 aromatic carbocycles. The Balaban J connectivity index is 1.94. The van der Waals surface area contributed by atoms with Crippen LogP contribution in [-0.4, -0.2) is 23.6 Å². The van der Waals surface area contributed by atoms with Gasteiger partial charge in [0.25, 0.3) is 0 Å². The van der Waals surface area contributed by atoms with E-state index in [9.17, 15) is 4.79 Å². The van der Waals surface area contributed by atoms with E-state index in [4.69, 9.17) is 0 Å². The van der Waals surface area contributed by atoms with Gasteiger partial charge in [0, 0.05) is 25.0 Å². The topological polar surface area (TPSA) is 46.1 Å². The van der Waals surface area contributed by atoms with Gasteiger partial charge in [0.05, 0.1) is 12.0 Å². The van der Waals surface area contributed by atoms with Crippen molar-refractivity contribution in [3.05, 3.63) is 23.5 Å². The molecule has 1 saturated heterocycles. The Bertz CT molecular complexity index is 416. The lowest BCUT2D eigenvalue weighted by molar-refractivity contribution is -0.129. The first kappa shape index (κ1) is 12.2. The first-order chi connectivity index (χ1) is 8.03. The predicted octanol–water partition coefficient (Wildman–Crippen LogP) is 0.949. The number of aromatic nitrogens is 1. The largest absolute Gasteiger partial charge is 0.350 e. The van der Waals surface area contributed by atoms with Crippen LogP contribution in [0.3, 0.4) is 0 Å². The van der Waals surface area contributed by atoms with Gasteiger partial charge in [-0.25, -0.2) is 0 Å². The number of hydrogen-bond donors (Lipinski definition) is 2. The summed E-state index contributed by atoms with van der Waals surface area (Å²) in [7, 11) is 2.02. The smallest absolute Gasteiger partial charge is 0.227 e. The van der Waals surface area contributed by atoms with Crippen molar-refractivity contribution in [3.8, 4) is 0 Å². The third kappa shape index (κ3) is 2.36. The lowest BCUT2D eigenvalue weighted by Crippen LogP contribution is -2.40. The predicted molar refractivity (Wildman–Crippen MR) is 67.6 cm³/mol. The molecule has 1 fully saturated rings. The Hall–Kier alpha value is -1.29.